The number of thiazole rings is 1. The van der Waals surface area contributed by atoms with Gasteiger partial charge in [0.1, 0.15) is 6.54 Å². The summed E-state index contributed by atoms with van der Waals surface area (Å²) >= 11 is 1.36. The third kappa shape index (κ3) is 3.25. The van der Waals surface area contributed by atoms with Crippen LogP contribution >= 0.6 is 11.3 Å². The minimum atomic E-state index is -0.207. The standard InChI is InChI=1S/C23H16N4O2S/c28-21(26-23-25-18(14-30-23)15-6-5-11-24-12-15)13-27-19-9-3-1-7-16(19)22(29)17-8-2-4-10-20(17)27/h1-12,14H,13H2,(H,25,26,28). The first-order chi connectivity index (χ1) is 14.7. The second kappa shape index (κ2) is 7.53. The number of pyridine rings is 2. The van der Waals surface area contributed by atoms with Gasteiger partial charge in [0.15, 0.2) is 10.6 Å². The van der Waals surface area contributed by atoms with Crippen molar-refractivity contribution in [2.24, 2.45) is 0 Å². The molecule has 0 radical (unpaired) electrons. The van der Waals surface area contributed by atoms with Crippen molar-refractivity contribution in [3.05, 3.63) is 88.7 Å². The van der Waals surface area contributed by atoms with Crippen molar-refractivity contribution < 1.29 is 4.79 Å². The quantitative estimate of drug-likeness (QED) is 0.446. The van der Waals surface area contributed by atoms with Crippen LogP contribution in [-0.4, -0.2) is 20.4 Å². The number of fused-ring (bicyclic) bond motifs is 2. The zero-order valence-electron chi connectivity index (χ0n) is 15.8. The van der Waals surface area contributed by atoms with E-state index in [4.69, 9.17) is 0 Å². The van der Waals surface area contributed by atoms with Crippen LogP contribution in [0.25, 0.3) is 33.1 Å². The summed E-state index contributed by atoms with van der Waals surface area (Å²) in [5.74, 6) is -0.207. The Labute approximate surface area is 175 Å². The minimum absolute atomic E-state index is 0.0288. The van der Waals surface area contributed by atoms with Crippen LogP contribution < -0.4 is 10.7 Å². The maximum atomic E-state index is 12.8. The summed E-state index contributed by atoms with van der Waals surface area (Å²) in [6.45, 7) is 0.0725. The summed E-state index contributed by atoms with van der Waals surface area (Å²) < 4.78 is 1.87. The molecular weight excluding hydrogens is 396 g/mol. The van der Waals surface area contributed by atoms with Crippen LogP contribution in [0.4, 0.5) is 5.13 Å². The first-order valence-corrected chi connectivity index (χ1v) is 10.2. The minimum Gasteiger partial charge on any atom is -0.331 e. The normalized spacial score (nSPS) is 11.1. The van der Waals surface area contributed by atoms with Gasteiger partial charge in [0.25, 0.3) is 0 Å². The predicted molar refractivity (Wildman–Crippen MR) is 120 cm³/mol. The fourth-order valence-electron chi connectivity index (χ4n) is 3.53. The third-order valence-electron chi connectivity index (χ3n) is 4.89. The first kappa shape index (κ1) is 18.2. The maximum Gasteiger partial charge on any atom is 0.246 e. The number of amides is 1. The lowest BCUT2D eigenvalue weighted by atomic mass is 10.1. The molecule has 0 bridgehead atoms. The van der Waals surface area contributed by atoms with E-state index in [0.717, 1.165) is 22.3 Å². The zero-order chi connectivity index (χ0) is 20.5. The Balaban J connectivity index is 1.49. The lowest BCUT2D eigenvalue weighted by molar-refractivity contribution is -0.116. The average molecular weight is 412 g/mol. The molecule has 0 saturated heterocycles. The molecule has 30 heavy (non-hydrogen) atoms. The molecule has 2 aromatic carbocycles. The van der Waals surface area contributed by atoms with Gasteiger partial charge in [-0.1, -0.05) is 24.3 Å². The van der Waals surface area contributed by atoms with E-state index >= 15 is 0 Å². The molecule has 1 N–H and O–H groups in total. The average Bonchev–Trinajstić information content (AvgIpc) is 3.25. The maximum absolute atomic E-state index is 12.8. The van der Waals surface area contributed by atoms with Gasteiger partial charge >= 0.3 is 0 Å². The van der Waals surface area contributed by atoms with Crippen LogP contribution in [0, 0.1) is 0 Å². The number of hydrogen-bond acceptors (Lipinski definition) is 5. The van der Waals surface area contributed by atoms with Crippen LogP contribution in [-0.2, 0) is 11.3 Å². The summed E-state index contributed by atoms with van der Waals surface area (Å²) in [4.78, 5) is 34.3. The number of nitrogens with one attached hydrogen (secondary N) is 1. The van der Waals surface area contributed by atoms with Gasteiger partial charge in [0, 0.05) is 34.1 Å². The molecule has 5 aromatic rings. The van der Waals surface area contributed by atoms with Gasteiger partial charge in [-0.2, -0.15) is 0 Å². The van der Waals surface area contributed by atoms with Crippen molar-refractivity contribution >= 4 is 44.2 Å². The molecule has 0 atom stereocenters. The molecular formula is C23H16N4O2S. The largest absolute Gasteiger partial charge is 0.331 e. The molecule has 146 valence electrons. The Morgan fingerprint density at radius 3 is 2.33 bits per heavy atom. The summed E-state index contributed by atoms with van der Waals surface area (Å²) in [6, 6.07) is 18.5. The van der Waals surface area contributed by atoms with Crippen molar-refractivity contribution in [3.63, 3.8) is 0 Å². The van der Waals surface area contributed by atoms with E-state index in [1.165, 1.54) is 11.3 Å². The molecule has 7 heteroatoms. The Morgan fingerprint density at radius 1 is 0.967 bits per heavy atom. The number of anilines is 1. The number of aromatic nitrogens is 3. The number of carbonyl (C=O) groups excluding carboxylic acids is 1. The van der Waals surface area contributed by atoms with Crippen LogP contribution in [0.1, 0.15) is 0 Å². The van der Waals surface area contributed by atoms with Gasteiger partial charge in [0.2, 0.25) is 5.91 Å². The molecule has 0 spiro atoms. The van der Waals surface area contributed by atoms with Gasteiger partial charge in [0.05, 0.1) is 16.7 Å². The second-order valence-corrected chi connectivity index (χ2v) is 7.64. The molecule has 6 nitrogen and oxygen atoms in total. The van der Waals surface area contributed by atoms with E-state index in [9.17, 15) is 9.59 Å². The number of rotatable bonds is 4. The SMILES string of the molecule is O=C(Cn1c2ccccc2c(=O)c2ccccc21)Nc1nc(-c2cccnc2)cs1. The Bertz CT molecular complexity index is 1380. The number of benzene rings is 2. The highest BCUT2D eigenvalue weighted by Crippen LogP contribution is 2.24. The highest BCUT2D eigenvalue weighted by molar-refractivity contribution is 7.14. The number of carbonyl (C=O) groups is 1. The van der Waals surface area contributed by atoms with E-state index in [2.05, 4.69) is 15.3 Å². The van der Waals surface area contributed by atoms with E-state index < -0.39 is 0 Å². The molecule has 0 saturated carbocycles. The lowest BCUT2D eigenvalue weighted by Gasteiger charge is -2.14. The number of hydrogen-bond donors (Lipinski definition) is 1. The molecule has 3 aromatic heterocycles. The molecule has 1 amide bonds. The van der Waals surface area contributed by atoms with Crippen LogP contribution in [0.3, 0.4) is 0 Å². The van der Waals surface area contributed by atoms with E-state index in [-0.39, 0.29) is 17.9 Å². The molecule has 0 aliphatic heterocycles. The first-order valence-electron chi connectivity index (χ1n) is 9.37. The van der Waals surface area contributed by atoms with E-state index in [0.29, 0.717) is 15.9 Å². The van der Waals surface area contributed by atoms with Gasteiger partial charge in [-0.05, 0) is 36.4 Å². The van der Waals surface area contributed by atoms with Crippen molar-refractivity contribution in [2.45, 2.75) is 6.54 Å². The van der Waals surface area contributed by atoms with Gasteiger partial charge in [-0.3, -0.25) is 14.6 Å². The highest BCUT2D eigenvalue weighted by Gasteiger charge is 2.14. The van der Waals surface area contributed by atoms with Crippen molar-refractivity contribution in [1.82, 2.24) is 14.5 Å². The molecule has 0 aliphatic rings. The smallest absolute Gasteiger partial charge is 0.246 e. The Kier molecular flexibility index (Phi) is 4.57. The van der Waals surface area contributed by atoms with Crippen molar-refractivity contribution in [3.8, 4) is 11.3 Å². The topological polar surface area (TPSA) is 76.9 Å². The summed E-state index contributed by atoms with van der Waals surface area (Å²) in [7, 11) is 0. The molecule has 0 unspecified atom stereocenters. The Hall–Kier alpha value is -3.84. The fraction of sp³-hybridized carbons (Fsp3) is 0.0435. The van der Waals surface area contributed by atoms with E-state index in [1.54, 1.807) is 24.5 Å². The molecule has 5 rings (SSSR count). The summed E-state index contributed by atoms with van der Waals surface area (Å²) in [5, 5.41) is 6.47. The monoisotopic (exact) mass is 412 g/mol. The summed E-state index contributed by atoms with van der Waals surface area (Å²) in [6.07, 6.45) is 3.44. The molecule has 0 aliphatic carbocycles. The number of nitrogens with zero attached hydrogens (tertiary/aromatic N) is 3. The van der Waals surface area contributed by atoms with Gasteiger partial charge in [-0.25, -0.2) is 4.98 Å². The zero-order valence-corrected chi connectivity index (χ0v) is 16.6. The van der Waals surface area contributed by atoms with Crippen LogP contribution in [0.15, 0.2) is 83.2 Å². The lowest BCUT2D eigenvalue weighted by Crippen LogP contribution is -2.21. The highest BCUT2D eigenvalue weighted by atomic mass is 32.1. The molecule has 3 heterocycles. The van der Waals surface area contributed by atoms with Crippen LogP contribution in [0.2, 0.25) is 0 Å². The Morgan fingerprint density at radius 2 is 1.67 bits per heavy atom. The van der Waals surface area contributed by atoms with Crippen molar-refractivity contribution in [1.29, 1.82) is 0 Å². The second-order valence-electron chi connectivity index (χ2n) is 6.78. The third-order valence-corrected chi connectivity index (χ3v) is 5.65. The fourth-order valence-corrected chi connectivity index (χ4v) is 4.26. The van der Waals surface area contributed by atoms with Gasteiger partial charge in [-0.15, -0.1) is 11.3 Å². The van der Waals surface area contributed by atoms with Crippen molar-refractivity contribution in [2.75, 3.05) is 5.32 Å². The molecule has 0 fully saturated rings. The van der Waals surface area contributed by atoms with Gasteiger partial charge < -0.3 is 9.88 Å². The summed E-state index contributed by atoms with van der Waals surface area (Å²) in [5.41, 5.74) is 3.09. The number of para-hydroxylation sites is 2. The van der Waals surface area contributed by atoms with E-state index in [1.807, 2.05) is 58.5 Å². The predicted octanol–water partition coefficient (Wildman–Crippen LogP) is 4.31. The van der Waals surface area contributed by atoms with Crippen LogP contribution in [0.5, 0.6) is 0 Å².